The second kappa shape index (κ2) is 8.61. The number of nitrogens with zero attached hydrogens (tertiary/aromatic N) is 2. The summed E-state index contributed by atoms with van der Waals surface area (Å²) in [6, 6.07) is 5.11. The first-order valence-corrected chi connectivity index (χ1v) is 6.74. The fraction of sp³-hybridized carbons (Fsp3) is 0.500. The van der Waals surface area contributed by atoms with Gasteiger partial charge in [0, 0.05) is 37.4 Å². The van der Waals surface area contributed by atoms with Crippen molar-refractivity contribution in [2.45, 2.75) is 19.1 Å². The molecule has 0 saturated carbocycles. The summed E-state index contributed by atoms with van der Waals surface area (Å²) in [5, 5.41) is 0. The lowest BCUT2D eigenvalue weighted by Crippen LogP contribution is -2.54. The molecule has 23 heavy (non-hydrogen) atoms. The van der Waals surface area contributed by atoms with E-state index in [0.29, 0.717) is 11.3 Å². The molecule has 1 unspecified atom stereocenters. The third-order valence-corrected chi connectivity index (χ3v) is 3.76. The first kappa shape index (κ1) is 21.8. The monoisotopic (exact) mass is 373 g/mol. The minimum absolute atomic E-state index is 0. The van der Waals surface area contributed by atoms with Crippen molar-refractivity contribution < 1.29 is 18.0 Å². The maximum absolute atomic E-state index is 12.7. The highest BCUT2D eigenvalue weighted by Gasteiger charge is 2.41. The molecule has 0 radical (unpaired) electrons. The van der Waals surface area contributed by atoms with Gasteiger partial charge in [-0.2, -0.15) is 13.2 Å². The van der Waals surface area contributed by atoms with Gasteiger partial charge in [0.25, 0.3) is 5.91 Å². The smallest absolute Gasteiger partial charge is 0.399 e. The molecular weight excluding hydrogens is 354 g/mol. The molecule has 4 nitrogen and oxygen atoms in total. The molecule has 1 aromatic rings. The Morgan fingerprint density at radius 2 is 1.74 bits per heavy atom. The Morgan fingerprint density at radius 3 is 2.22 bits per heavy atom. The number of carbonyl (C=O) groups is 1. The Hall–Kier alpha value is -1.18. The number of halogens is 5. The molecule has 0 aromatic heterocycles. The van der Waals surface area contributed by atoms with Crippen molar-refractivity contribution in [3.05, 3.63) is 29.8 Å². The maximum Gasteiger partial charge on any atom is 0.403 e. The van der Waals surface area contributed by atoms with Gasteiger partial charge in [-0.3, -0.25) is 9.69 Å². The molecule has 0 spiro atoms. The zero-order valence-electron chi connectivity index (χ0n) is 12.5. The van der Waals surface area contributed by atoms with E-state index in [1.54, 1.807) is 29.2 Å². The molecule has 2 rings (SSSR count). The van der Waals surface area contributed by atoms with Crippen LogP contribution < -0.4 is 5.73 Å². The molecule has 0 aliphatic carbocycles. The third kappa shape index (κ3) is 5.44. The summed E-state index contributed by atoms with van der Waals surface area (Å²) in [6.07, 6.45) is -4.24. The molecule has 9 heteroatoms. The minimum atomic E-state index is -4.24. The molecule has 1 aromatic carbocycles. The zero-order valence-corrected chi connectivity index (χ0v) is 14.2. The normalized spacial score (nSPS) is 17.0. The molecule has 1 aliphatic heterocycles. The van der Waals surface area contributed by atoms with E-state index < -0.39 is 12.2 Å². The summed E-state index contributed by atoms with van der Waals surface area (Å²) in [4.78, 5) is 15.2. The number of nitrogen functional groups attached to an aromatic ring is 1. The van der Waals surface area contributed by atoms with Crippen molar-refractivity contribution in [1.82, 2.24) is 9.80 Å². The number of hydrogen-bond donors (Lipinski definition) is 1. The van der Waals surface area contributed by atoms with E-state index in [0.717, 1.165) is 6.92 Å². The van der Waals surface area contributed by atoms with Crippen molar-refractivity contribution in [3.63, 3.8) is 0 Å². The van der Waals surface area contributed by atoms with E-state index in [1.807, 2.05) is 0 Å². The van der Waals surface area contributed by atoms with Gasteiger partial charge >= 0.3 is 6.18 Å². The van der Waals surface area contributed by atoms with E-state index >= 15 is 0 Å². The molecular formula is C14H20Cl2F3N3O. The average Bonchev–Trinajstić information content (AvgIpc) is 2.45. The number of amides is 1. The van der Waals surface area contributed by atoms with Crippen LogP contribution in [0.25, 0.3) is 0 Å². The van der Waals surface area contributed by atoms with E-state index in [-0.39, 0.29) is 56.9 Å². The van der Waals surface area contributed by atoms with Crippen LogP contribution in [0.4, 0.5) is 18.9 Å². The summed E-state index contributed by atoms with van der Waals surface area (Å²) in [7, 11) is 0. The Balaban J connectivity index is 0.00000242. The zero-order chi connectivity index (χ0) is 15.6. The second-order valence-electron chi connectivity index (χ2n) is 5.17. The van der Waals surface area contributed by atoms with E-state index in [1.165, 1.54) is 4.90 Å². The van der Waals surface area contributed by atoms with Crippen LogP contribution in [-0.4, -0.2) is 54.1 Å². The van der Waals surface area contributed by atoms with E-state index in [9.17, 15) is 18.0 Å². The lowest BCUT2D eigenvalue weighted by molar-refractivity contribution is -0.181. The number of anilines is 1. The highest BCUT2D eigenvalue weighted by molar-refractivity contribution is 5.95. The number of hydrogen-bond acceptors (Lipinski definition) is 3. The number of benzene rings is 1. The Kier molecular flexibility index (Phi) is 8.17. The van der Waals surface area contributed by atoms with Gasteiger partial charge in [0.1, 0.15) is 6.04 Å². The standard InChI is InChI=1S/C14H18F3N3O.2ClH/c1-10(14(15,16)17)19-5-7-20(8-6-19)13(21)11-3-2-4-12(18)9-11;;/h2-4,9-10H,5-8,18H2,1H3;2*1H. The largest absolute Gasteiger partial charge is 0.403 e. The number of alkyl halides is 3. The second-order valence-corrected chi connectivity index (χ2v) is 5.17. The van der Waals surface area contributed by atoms with Gasteiger partial charge < -0.3 is 10.6 Å². The highest BCUT2D eigenvalue weighted by Crippen LogP contribution is 2.25. The first-order valence-electron chi connectivity index (χ1n) is 6.74. The molecule has 1 heterocycles. The van der Waals surface area contributed by atoms with Gasteiger partial charge in [-0.1, -0.05) is 6.07 Å². The van der Waals surface area contributed by atoms with Crippen molar-refractivity contribution in [2.75, 3.05) is 31.9 Å². The SMILES string of the molecule is CC(N1CCN(C(=O)c2cccc(N)c2)CC1)C(F)(F)F.Cl.Cl. The lowest BCUT2D eigenvalue weighted by Gasteiger charge is -2.38. The van der Waals surface area contributed by atoms with E-state index in [2.05, 4.69) is 0 Å². The van der Waals surface area contributed by atoms with Crippen LogP contribution >= 0.6 is 24.8 Å². The van der Waals surface area contributed by atoms with Crippen molar-refractivity contribution in [2.24, 2.45) is 0 Å². The summed E-state index contributed by atoms with van der Waals surface area (Å²) < 4.78 is 38.0. The molecule has 1 amide bonds. The topological polar surface area (TPSA) is 49.6 Å². The minimum Gasteiger partial charge on any atom is -0.399 e. The molecule has 1 atom stereocenters. The van der Waals surface area contributed by atoms with Gasteiger partial charge in [-0.05, 0) is 25.1 Å². The van der Waals surface area contributed by atoms with Gasteiger partial charge in [-0.25, -0.2) is 0 Å². The van der Waals surface area contributed by atoms with Gasteiger partial charge in [0.05, 0.1) is 0 Å². The summed E-state index contributed by atoms with van der Waals surface area (Å²) in [5.74, 6) is -0.193. The van der Waals surface area contributed by atoms with Crippen LogP contribution in [-0.2, 0) is 0 Å². The van der Waals surface area contributed by atoms with Gasteiger partial charge in [-0.15, -0.1) is 24.8 Å². The van der Waals surface area contributed by atoms with Crippen LogP contribution in [0.3, 0.4) is 0 Å². The third-order valence-electron chi connectivity index (χ3n) is 3.76. The van der Waals surface area contributed by atoms with Crippen LogP contribution in [0, 0.1) is 0 Å². The van der Waals surface area contributed by atoms with E-state index in [4.69, 9.17) is 5.73 Å². The van der Waals surface area contributed by atoms with Crippen LogP contribution in [0.1, 0.15) is 17.3 Å². The van der Waals surface area contributed by atoms with Crippen LogP contribution in [0.15, 0.2) is 24.3 Å². The predicted octanol–water partition coefficient (Wildman–Crippen LogP) is 2.82. The molecule has 1 aliphatic rings. The van der Waals surface area contributed by atoms with Crippen LogP contribution in [0.2, 0.25) is 0 Å². The maximum atomic E-state index is 12.7. The Bertz CT molecular complexity index is 520. The fourth-order valence-electron chi connectivity index (χ4n) is 2.37. The van der Waals surface area contributed by atoms with Crippen molar-refractivity contribution >= 4 is 36.4 Å². The average molecular weight is 374 g/mol. The van der Waals surface area contributed by atoms with Crippen molar-refractivity contribution in [1.29, 1.82) is 0 Å². The van der Waals surface area contributed by atoms with Crippen molar-refractivity contribution in [3.8, 4) is 0 Å². The summed E-state index contributed by atoms with van der Waals surface area (Å²) in [5.41, 5.74) is 6.59. The van der Waals surface area contributed by atoms with Gasteiger partial charge in [0.2, 0.25) is 0 Å². The Morgan fingerprint density at radius 1 is 1.17 bits per heavy atom. The quantitative estimate of drug-likeness (QED) is 0.810. The summed E-state index contributed by atoms with van der Waals surface area (Å²) >= 11 is 0. The fourth-order valence-corrected chi connectivity index (χ4v) is 2.37. The Labute approximate surface area is 145 Å². The highest BCUT2D eigenvalue weighted by atomic mass is 35.5. The number of carbonyl (C=O) groups excluding carboxylic acids is 1. The van der Waals surface area contributed by atoms with Crippen LogP contribution in [0.5, 0.6) is 0 Å². The van der Waals surface area contributed by atoms with Gasteiger partial charge in [0.15, 0.2) is 0 Å². The molecule has 132 valence electrons. The molecule has 1 fully saturated rings. The first-order chi connectivity index (χ1) is 9.79. The molecule has 2 N–H and O–H groups in total. The molecule has 1 saturated heterocycles. The number of piperazine rings is 1. The predicted molar refractivity (Wildman–Crippen MR) is 88.3 cm³/mol. The lowest BCUT2D eigenvalue weighted by atomic mass is 10.1. The molecule has 0 bridgehead atoms. The number of rotatable bonds is 2. The summed E-state index contributed by atoms with van der Waals surface area (Å²) in [6.45, 7) is 2.15. The number of nitrogens with two attached hydrogens (primary N) is 1.